The summed E-state index contributed by atoms with van der Waals surface area (Å²) < 4.78 is 13.1. The molecule has 0 amide bonds. The Balaban J connectivity index is 2.01. The zero-order chi connectivity index (χ0) is 14.8. The largest absolute Gasteiger partial charge is 0.397 e. The van der Waals surface area contributed by atoms with E-state index in [4.69, 9.17) is 5.73 Å². The van der Waals surface area contributed by atoms with Gasteiger partial charge in [-0.1, -0.05) is 18.2 Å². The normalized spacial score (nSPS) is 19.5. The predicted molar refractivity (Wildman–Crippen MR) is 84.0 cm³/mol. The van der Waals surface area contributed by atoms with Gasteiger partial charge >= 0.3 is 0 Å². The molecular weight excluding hydrogens is 267 g/mol. The fourth-order valence-corrected chi connectivity index (χ4v) is 2.75. The lowest BCUT2D eigenvalue weighted by molar-refractivity contribution is 0.474. The molecule has 2 heterocycles. The Morgan fingerprint density at radius 1 is 1.38 bits per heavy atom. The van der Waals surface area contributed by atoms with Gasteiger partial charge in [-0.05, 0) is 31.2 Å². The van der Waals surface area contributed by atoms with E-state index < -0.39 is 0 Å². The monoisotopic (exact) mass is 284 g/mol. The highest BCUT2D eigenvalue weighted by Gasteiger charge is 2.24. The molecule has 4 nitrogen and oxygen atoms in total. The number of rotatable bonds is 3. The van der Waals surface area contributed by atoms with Crippen molar-refractivity contribution in [3.05, 3.63) is 47.9 Å². The Hall–Kier alpha value is -2.27. The van der Waals surface area contributed by atoms with Crippen LogP contribution in [0.3, 0.4) is 0 Å². The molecule has 2 aromatic rings. The minimum atomic E-state index is -0.283. The smallest absolute Gasteiger partial charge is 0.137 e. The van der Waals surface area contributed by atoms with Crippen molar-refractivity contribution >= 4 is 22.8 Å². The van der Waals surface area contributed by atoms with Gasteiger partial charge in [-0.2, -0.15) is 0 Å². The van der Waals surface area contributed by atoms with Gasteiger partial charge in [-0.15, -0.1) is 0 Å². The zero-order valence-electron chi connectivity index (χ0n) is 11.8. The molecule has 2 unspecified atom stereocenters. The lowest BCUT2D eigenvalue weighted by Crippen LogP contribution is -2.30. The van der Waals surface area contributed by atoms with Crippen molar-refractivity contribution in [3.8, 4) is 0 Å². The summed E-state index contributed by atoms with van der Waals surface area (Å²) in [5.41, 5.74) is 8.67. The number of allylic oxidation sites excluding steroid dienone is 1. The molecule has 0 fully saturated rings. The minimum absolute atomic E-state index is 0.0713. The second-order valence-electron chi connectivity index (χ2n) is 5.08. The van der Waals surface area contributed by atoms with Crippen LogP contribution in [-0.2, 0) is 0 Å². The summed E-state index contributed by atoms with van der Waals surface area (Å²) >= 11 is 0. The quantitative estimate of drug-likeness (QED) is 0.852. The van der Waals surface area contributed by atoms with Gasteiger partial charge in [-0.25, -0.2) is 4.39 Å². The number of halogens is 1. The molecule has 0 bridgehead atoms. The number of nitrogen functional groups attached to an aromatic ring is 1. The lowest BCUT2D eigenvalue weighted by atomic mass is 9.93. The van der Waals surface area contributed by atoms with E-state index in [1.807, 2.05) is 31.3 Å². The topological polar surface area (TPSA) is 63.3 Å². The first-order chi connectivity index (χ1) is 10.2. The number of anilines is 1. The fourth-order valence-electron chi connectivity index (χ4n) is 2.75. The van der Waals surface area contributed by atoms with Crippen LogP contribution in [-0.4, -0.2) is 24.3 Å². The number of hydrogen-bond acceptors (Lipinski definition) is 4. The number of benzene rings is 1. The highest BCUT2D eigenvalue weighted by molar-refractivity contribution is 5.91. The van der Waals surface area contributed by atoms with Crippen LogP contribution in [0.2, 0.25) is 0 Å². The first-order valence-electron chi connectivity index (χ1n) is 6.90. The Kier molecular flexibility index (Phi) is 3.66. The number of pyridine rings is 1. The second-order valence-corrected chi connectivity index (χ2v) is 5.08. The summed E-state index contributed by atoms with van der Waals surface area (Å²) in [6.07, 6.45) is 5.10. The molecule has 21 heavy (non-hydrogen) atoms. The van der Waals surface area contributed by atoms with Gasteiger partial charge in [0.05, 0.1) is 29.5 Å². The standard InChI is InChI=1S/C16H17FN4/c1-19-16(13-7-5-11(17)9-21-13)12-6-4-10-3-2-8-20-15(10)14(12)18/h2-6,8-9,13,16,19H,7,18H2,1H3. The van der Waals surface area contributed by atoms with Crippen LogP contribution in [0.25, 0.3) is 10.9 Å². The van der Waals surface area contributed by atoms with Crippen molar-refractivity contribution in [3.63, 3.8) is 0 Å². The van der Waals surface area contributed by atoms with Crippen LogP contribution in [0.4, 0.5) is 10.1 Å². The third kappa shape index (κ3) is 2.52. The van der Waals surface area contributed by atoms with Gasteiger partial charge in [0.25, 0.3) is 0 Å². The Morgan fingerprint density at radius 3 is 2.95 bits per heavy atom. The maximum atomic E-state index is 13.1. The average Bonchev–Trinajstić information content (AvgIpc) is 2.52. The van der Waals surface area contributed by atoms with E-state index in [1.54, 1.807) is 12.3 Å². The van der Waals surface area contributed by atoms with Crippen molar-refractivity contribution < 1.29 is 4.39 Å². The van der Waals surface area contributed by atoms with Crippen LogP contribution in [0.1, 0.15) is 18.0 Å². The van der Waals surface area contributed by atoms with Crippen molar-refractivity contribution in [2.45, 2.75) is 18.5 Å². The molecule has 1 aliphatic rings. The molecule has 0 saturated carbocycles. The summed E-state index contributed by atoms with van der Waals surface area (Å²) in [4.78, 5) is 8.62. The number of nitrogens with zero attached hydrogens (tertiary/aromatic N) is 2. The number of nitrogens with two attached hydrogens (primary N) is 1. The van der Waals surface area contributed by atoms with E-state index >= 15 is 0 Å². The molecule has 0 spiro atoms. The summed E-state index contributed by atoms with van der Waals surface area (Å²) in [5.74, 6) is -0.283. The third-order valence-electron chi connectivity index (χ3n) is 3.82. The summed E-state index contributed by atoms with van der Waals surface area (Å²) in [6.45, 7) is 0. The SMILES string of the molecule is CNC(c1ccc2cccnc2c1N)C1CC=C(F)C=N1. The highest BCUT2D eigenvalue weighted by Crippen LogP contribution is 2.32. The van der Waals surface area contributed by atoms with Crippen molar-refractivity contribution in [2.24, 2.45) is 4.99 Å². The first kappa shape index (κ1) is 13.7. The van der Waals surface area contributed by atoms with E-state index in [2.05, 4.69) is 15.3 Å². The minimum Gasteiger partial charge on any atom is -0.397 e. The van der Waals surface area contributed by atoms with Gasteiger partial charge in [-0.3, -0.25) is 9.98 Å². The number of dihydropyridines is 1. The molecule has 0 radical (unpaired) electrons. The maximum absolute atomic E-state index is 13.1. The highest BCUT2D eigenvalue weighted by atomic mass is 19.1. The van der Waals surface area contributed by atoms with E-state index in [9.17, 15) is 4.39 Å². The number of aromatic nitrogens is 1. The van der Waals surface area contributed by atoms with E-state index in [0.717, 1.165) is 16.5 Å². The number of likely N-dealkylation sites (N-methyl/N-ethyl adjacent to an activating group) is 1. The van der Waals surface area contributed by atoms with Gasteiger partial charge in [0.1, 0.15) is 5.83 Å². The molecule has 1 aromatic heterocycles. The molecular formula is C16H17FN4. The van der Waals surface area contributed by atoms with E-state index in [0.29, 0.717) is 12.1 Å². The van der Waals surface area contributed by atoms with Crippen LogP contribution in [0, 0.1) is 0 Å². The van der Waals surface area contributed by atoms with Crippen molar-refractivity contribution in [1.82, 2.24) is 10.3 Å². The van der Waals surface area contributed by atoms with E-state index in [1.165, 1.54) is 6.21 Å². The molecule has 1 aromatic carbocycles. The third-order valence-corrected chi connectivity index (χ3v) is 3.82. The summed E-state index contributed by atoms with van der Waals surface area (Å²) in [7, 11) is 1.86. The van der Waals surface area contributed by atoms with Crippen LogP contribution in [0.15, 0.2) is 47.4 Å². The molecule has 2 atom stereocenters. The number of nitrogens with one attached hydrogen (secondary N) is 1. The predicted octanol–water partition coefficient (Wildman–Crippen LogP) is 2.77. The Morgan fingerprint density at radius 2 is 2.24 bits per heavy atom. The fraction of sp³-hybridized carbons (Fsp3) is 0.250. The summed E-state index contributed by atoms with van der Waals surface area (Å²) in [5, 5.41) is 4.24. The van der Waals surface area contributed by atoms with Crippen molar-refractivity contribution in [2.75, 3.05) is 12.8 Å². The molecule has 5 heteroatoms. The maximum Gasteiger partial charge on any atom is 0.137 e. The summed E-state index contributed by atoms with van der Waals surface area (Å²) in [6, 6.07) is 7.71. The molecule has 108 valence electrons. The average molecular weight is 284 g/mol. The molecule has 0 aliphatic carbocycles. The van der Waals surface area contributed by atoms with Gasteiger partial charge in [0, 0.05) is 11.6 Å². The first-order valence-corrected chi connectivity index (χ1v) is 6.90. The van der Waals surface area contributed by atoms with Crippen LogP contribution >= 0.6 is 0 Å². The Labute approximate surface area is 122 Å². The van der Waals surface area contributed by atoms with Gasteiger partial charge in [0.15, 0.2) is 0 Å². The molecule has 3 N–H and O–H groups in total. The lowest BCUT2D eigenvalue weighted by Gasteiger charge is -2.26. The number of hydrogen-bond donors (Lipinski definition) is 2. The zero-order valence-corrected chi connectivity index (χ0v) is 11.8. The number of fused-ring (bicyclic) bond motifs is 1. The van der Waals surface area contributed by atoms with E-state index in [-0.39, 0.29) is 17.9 Å². The molecule has 0 saturated heterocycles. The van der Waals surface area contributed by atoms with Crippen LogP contribution in [0.5, 0.6) is 0 Å². The number of aliphatic imine (C=N–C) groups is 1. The second kappa shape index (κ2) is 5.61. The van der Waals surface area contributed by atoms with Crippen molar-refractivity contribution in [1.29, 1.82) is 0 Å². The van der Waals surface area contributed by atoms with Gasteiger partial charge < -0.3 is 11.1 Å². The van der Waals surface area contributed by atoms with Crippen LogP contribution < -0.4 is 11.1 Å². The Bertz CT molecular complexity index is 723. The van der Waals surface area contributed by atoms with Gasteiger partial charge in [0.2, 0.25) is 0 Å². The molecule has 3 rings (SSSR count). The molecule has 1 aliphatic heterocycles.